The average Bonchev–Trinajstić information content (AvgIpc) is 3.05. The first-order valence-electron chi connectivity index (χ1n) is 11.8. The van der Waals surface area contributed by atoms with Crippen molar-refractivity contribution in [1.29, 1.82) is 0 Å². The summed E-state index contributed by atoms with van der Waals surface area (Å²) in [7, 11) is 0.861. The lowest BCUT2D eigenvalue weighted by Gasteiger charge is -2.64. The number of hydrogen-bond acceptors (Lipinski definition) is 5. The molecule has 4 aliphatic rings. The van der Waals surface area contributed by atoms with Gasteiger partial charge in [0.2, 0.25) is 0 Å². The lowest BCUT2D eigenvalue weighted by Crippen LogP contribution is -2.65. The highest BCUT2D eigenvalue weighted by atomic mass is 19.2. The van der Waals surface area contributed by atoms with Crippen molar-refractivity contribution >= 4 is 13.1 Å². The predicted molar refractivity (Wildman–Crippen MR) is 121 cm³/mol. The molecule has 0 radical (unpaired) electrons. The van der Waals surface area contributed by atoms with E-state index in [1.165, 1.54) is 7.11 Å². The van der Waals surface area contributed by atoms with Crippen LogP contribution in [0.3, 0.4) is 0 Å². The normalized spacial score (nSPS) is 31.0. The molecule has 0 N–H and O–H groups in total. The molecule has 3 aliphatic carbocycles. The molecule has 5 nitrogen and oxygen atoms in total. The summed E-state index contributed by atoms with van der Waals surface area (Å²) in [5.74, 6) is -2.46. The summed E-state index contributed by atoms with van der Waals surface area (Å²) in [6, 6.07) is 1.09. The van der Waals surface area contributed by atoms with Crippen LogP contribution in [0.25, 0.3) is 0 Å². The number of carbonyl (C=O) groups is 1. The van der Waals surface area contributed by atoms with Crippen molar-refractivity contribution in [3.63, 3.8) is 0 Å². The summed E-state index contributed by atoms with van der Waals surface area (Å²) in [6.45, 7) is 13.7. The Morgan fingerprint density at radius 3 is 2.52 bits per heavy atom. The van der Waals surface area contributed by atoms with Crippen molar-refractivity contribution in [2.45, 2.75) is 90.9 Å². The Bertz CT molecular complexity index is 959. The van der Waals surface area contributed by atoms with E-state index in [0.29, 0.717) is 23.8 Å². The van der Waals surface area contributed by atoms with E-state index in [2.05, 4.69) is 20.8 Å². The molecule has 33 heavy (non-hydrogen) atoms. The SMILES string of the molecule is COc1c(C[C@@H](C)B2O[C@@H]3C[C@@H]4C[C@@H](C4(C)C)[C@]3(C)O2)cc(F)c(F)c1C(=O)OC(C)(C)C. The largest absolute Gasteiger partial charge is 0.495 e. The zero-order valence-corrected chi connectivity index (χ0v) is 20.9. The second-order valence-electron chi connectivity index (χ2n) is 11.8. The molecule has 0 amide bonds. The number of esters is 1. The van der Waals surface area contributed by atoms with E-state index < -0.39 is 35.9 Å². The Balaban J connectivity index is 1.58. The standard InChI is InChI=1S/C25H35BF2O5/c1-13(26-32-18-12-15-11-17(24(15,5)6)25(18,7)33-26)9-14-10-16(27)20(28)19(21(14)30-8)22(29)31-23(2,3)4/h10,13,15,17-18H,9,11-12H2,1-8H3/t13-,15+,17+,18-,25+/m1/s1. The lowest BCUT2D eigenvalue weighted by molar-refractivity contribution is -0.199. The van der Waals surface area contributed by atoms with Gasteiger partial charge in [-0.05, 0) is 81.7 Å². The van der Waals surface area contributed by atoms with E-state index >= 15 is 0 Å². The minimum absolute atomic E-state index is 0.0139. The van der Waals surface area contributed by atoms with Gasteiger partial charge in [0.05, 0.1) is 18.8 Å². The summed E-state index contributed by atoms with van der Waals surface area (Å²) in [6.07, 6.45) is 2.45. The highest BCUT2D eigenvalue weighted by Gasteiger charge is 2.68. The average molecular weight is 464 g/mol. The fourth-order valence-electron chi connectivity index (χ4n) is 6.15. The summed E-state index contributed by atoms with van der Waals surface area (Å²) in [5, 5.41) is 0. The van der Waals surface area contributed by atoms with Gasteiger partial charge in [-0.3, -0.25) is 0 Å². The molecule has 1 aliphatic heterocycles. The van der Waals surface area contributed by atoms with Crippen molar-refractivity contribution < 1.29 is 32.4 Å². The summed E-state index contributed by atoms with van der Waals surface area (Å²) < 4.78 is 52.7. The molecule has 5 atom stereocenters. The molecule has 1 aromatic rings. The molecule has 8 heteroatoms. The van der Waals surface area contributed by atoms with Crippen LogP contribution in [-0.4, -0.2) is 37.5 Å². The second kappa shape index (κ2) is 7.94. The first-order valence-corrected chi connectivity index (χ1v) is 11.8. The molecule has 5 rings (SSSR count). The number of carbonyl (C=O) groups excluding carboxylic acids is 1. The van der Waals surface area contributed by atoms with Gasteiger partial charge in [0.25, 0.3) is 0 Å². The lowest BCUT2D eigenvalue weighted by atomic mass is 9.43. The van der Waals surface area contributed by atoms with Gasteiger partial charge in [-0.1, -0.05) is 20.8 Å². The van der Waals surface area contributed by atoms with Crippen LogP contribution in [0.2, 0.25) is 5.82 Å². The smallest absolute Gasteiger partial charge is 0.461 e. The number of methoxy groups -OCH3 is 1. The first-order chi connectivity index (χ1) is 15.2. The molecular weight excluding hydrogens is 429 g/mol. The van der Waals surface area contributed by atoms with E-state index in [-0.39, 0.29) is 28.7 Å². The Kier molecular flexibility index (Phi) is 5.89. The maximum Gasteiger partial charge on any atom is 0.461 e. The maximum atomic E-state index is 14.7. The first kappa shape index (κ1) is 24.5. The van der Waals surface area contributed by atoms with Gasteiger partial charge in [0, 0.05) is 0 Å². The summed E-state index contributed by atoms with van der Waals surface area (Å²) in [5.41, 5.74) is -1.12. The summed E-state index contributed by atoms with van der Waals surface area (Å²) in [4.78, 5) is 12.7. The topological polar surface area (TPSA) is 54.0 Å². The molecule has 3 saturated carbocycles. The van der Waals surface area contributed by atoms with Crippen LogP contribution in [0.15, 0.2) is 6.07 Å². The molecule has 2 bridgehead atoms. The minimum Gasteiger partial charge on any atom is -0.495 e. The van der Waals surface area contributed by atoms with Gasteiger partial charge in [0.1, 0.15) is 16.9 Å². The van der Waals surface area contributed by atoms with E-state index in [4.69, 9.17) is 18.8 Å². The number of ether oxygens (including phenoxy) is 2. The molecule has 0 aromatic heterocycles. The fourth-order valence-corrected chi connectivity index (χ4v) is 6.15. The van der Waals surface area contributed by atoms with Gasteiger partial charge in [-0.25, -0.2) is 13.6 Å². The molecule has 1 aromatic carbocycles. The molecule has 4 fully saturated rings. The third-order valence-electron chi connectivity index (χ3n) is 8.03. The van der Waals surface area contributed by atoms with Crippen molar-refractivity contribution in [1.82, 2.24) is 0 Å². The third-order valence-corrected chi connectivity index (χ3v) is 8.03. The predicted octanol–water partition coefficient (Wildman–Crippen LogP) is 5.59. The summed E-state index contributed by atoms with van der Waals surface area (Å²) >= 11 is 0. The molecule has 1 heterocycles. The fraction of sp³-hybridized carbons (Fsp3) is 0.720. The molecule has 0 unspecified atom stereocenters. The van der Waals surface area contributed by atoms with Crippen molar-refractivity contribution in [2.24, 2.45) is 17.3 Å². The highest BCUT2D eigenvalue weighted by molar-refractivity contribution is 6.47. The van der Waals surface area contributed by atoms with Crippen LogP contribution in [0.5, 0.6) is 5.75 Å². The van der Waals surface area contributed by atoms with E-state index in [9.17, 15) is 13.6 Å². The number of benzene rings is 1. The monoisotopic (exact) mass is 464 g/mol. The number of rotatable bonds is 5. The molecular formula is C25H35BF2O5. The Morgan fingerprint density at radius 1 is 1.27 bits per heavy atom. The van der Waals surface area contributed by atoms with Gasteiger partial charge in [-0.15, -0.1) is 0 Å². The highest BCUT2D eigenvalue weighted by Crippen LogP contribution is 2.66. The van der Waals surface area contributed by atoms with Gasteiger partial charge in [-0.2, -0.15) is 0 Å². The third kappa shape index (κ3) is 3.97. The molecule has 0 spiro atoms. The van der Waals surface area contributed by atoms with E-state index in [0.717, 1.165) is 18.9 Å². The van der Waals surface area contributed by atoms with Crippen LogP contribution in [0.4, 0.5) is 8.78 Å². The second-order valence-corrected chi connectivity index (χ2v) is 11.8. The molecule has 1 saturated heterocycles. The van der Waals surface area contributed by atoms with E-state index in [1.807, 2.05) is 6.92 Å². The van der Waals surface area contributed by atoms with Crippen LogP contribution >= 0.6 is 0 Å². The number of hydrogen-bond donors (Lipinski definition) is 0. The Morgan fingerprint density at radius 2 is 1.94 bits per heavy atom. The van der Waals surface area contributed by atoms with Crippen molar-refractivity contribution in [3.8, 4) is 5.75 Å². The minimum atomic E-state index is -1.27. The zero-order chi connectivity index (χ0) is 24.5. The van der Waals surface area contributed by atoms with Crippen LogP contribution in [-0.2, 0) is 20.5 Å². The Hall–Kier alpha value is -1.67. The van der Waals surface area contributed by atoms with Crippen molar-refractivity contribution in [3.05, 3.63) is 28.8 Å². The van der Waals surface area contributed by atoms with Gasteiger partial charge in [0.15, 0.2) is 11.6 Å². The molecule has 182 valence electrons. The van der Waals surface area contributed by atoms with Crippen molar-refractivity contribution in [2.75, 3.05) is 7.11 Å². The quantitative estimate of drug-likeness (QED) is 0.420. The van der Waals surface area contributed by atoms with Crippen LogP contribution in [0.1, 0.15) is 77.2 Å². The Labute approximate surface area is 195 Å². The van der Waals surface area contributed by atoms with Gasteiger partial charge >= 0.3 is 13.1 Å². The zero-order valence-electron chi connectivity index (χ0n) is 20.9. The van der Waals surface area contributed by atoms with E-state index in [1.54, 1.807) is 20.8 Å². The van der Waals surface area contributed by atoms with Gasteiger partial charge < -0.3 is 18.8 Å². The maximum absolute atomic E-state index is 14.7. The van der Waals surface area contributed by atoms with Crippen LogP contribution < -0.4 is 4.74 Å². The number of halogens is 2. The van der Waals surface area contributed by atoms with Crippen LogP contribution in [0, 0.1) is 28.9 Å².